The van der Waals surface area contributed by atoms with E-state index in [1.54, 1.807) is 29.1 Å². The van der Waals surface area contributed by atoms with E-state index in [0.29, 0.717) is 29.2 Å². The first-order valence-corrected chi connectivity index (χ1v) is 18.3. The van der Waals surface area contributed by atoms with Gasteiger partial charge in [0.1, 0.15) is 28.9 Å². The number of oxime groups is 1. The van der Waals surface area contributed by atoms with Crippen molar-refractivity contribution in [1.82, 2.24) is 15.2 Å². The summed E-state index contributed by atoms with van der Waals surface area (Å²) in [7, 11) is 0. The maximum Gasteiger partial charge on any atom is 0.352 e. The second-order valence-corrected chi connectivity index (χ2v) is 14.1. The Morgan fingerprint density at radius 1 is 1.16 bits per heavy atom. The molecule has 0 aliphatic carbocycles. The Hall–Kier alpha value is -4.98. The number of ether oxygens (including phenoxy) is 2. The van der Waals surface area contributed by atoms with E-state index in [1.807, 2.05) is 19.1 Å². The lowest BCUT2D eigenvalue weighted by molar-refractivity contribution is -0.596. The minimum Gasteiger partial charge on any atom is -0.477 e. The SMILES string of the molecule is CCC(CN)O/N=C(\C(=O)N[C@@H]1C(=O)N2C(C(=O)O)=C(CSc3cc[n+](-c4ccc(OC(C)=O)c(OC(C)=O)c4)cc3)CS[C@@H]12)c1csc(N)n1. The first-order chi connectivity index (χ1) is 24.4. The van der Waals surface area contributed by atoms with Gasteiger partial charge in [-0.25, -0.2) is 9.78 Å². The lowest BCUT2D eigenvalue weighted by Crippen LogP contribution is -2.71. The van der Waals surface area contributed by atoms with Gasteiger partial charge < -0.3 is 36.2 Å². The van der Waals surface area contributed by atoms with E-state index in [2.05, 4.69) is 15.5 Å². The molecule has 0 bridgehead atoms. The summed E-state index contributed by atoms with van der Waals surface area (Å²) >= 11 is 3.84. The van der Waals surface area contributed by atoms with Crippen molar-refractivity contribution < 1.29 is 48.0 Å². The van der Waals surface area contributed by atoms with Gasteiger partial charge in [0.05, 0.1) is 6.07 Å². The van der Waals surface area contributed by atoms with Crippen molar-refractivity contribution in [3.8, 4) is 17.2 Å². The predicted octanol–water partition coefficient (Wildman–Crippen LogP) is 1.84. The Morgan fingerprint density at radius 2 is 1.86 bits per heavy atom. The van der Waals surface area contributed by atoms with Crippen molar-refractivity contribution in [2.24, 2.45) is 10.9 Å². The summed E-state index contributed by atoms with van der Waals surface area (Å²) in [5.74, 6) is -2.87. The van der Waals surface area contributed by atoms with E-state index in [9.17, 15) is 29.1 Å². The maximum absolute atomic E-state index is 13.4. The first-order valence-electron chi connectivity index (χ1n) is 15.4. The Kier molecular flexibility index (Phi) is 12.0. The Labute approximate surface area is 304 Å². The molecule has 4 heterocycles. The van der Waals surface area contributed by atoms with Crippen molar-refractivity contribution >= 4 is 75.4 Å². The summed E-state index contributed by atoms with van der Waals surface area (Å²) in [6, 6.07) is 7.42. The van der Waals surface area contributed by atoms with Crippen LogP contribution in [0.1, 0.15) is 32.9 Å². The van der Waals surface area contributed by atoms with Crippen LogP contribution in [0.5, 0.6) is 11.5 Å². The summed E-state index contributed by atoms with van der Waals surface area (Å²) in [4.78, 5) is 73.8. The molecule has 51 heavy (non-hydrogen) atoms. The van der Waals surface area contributed by atoms with Gasteiger partial charge in [0, 0.05) is 60.4 Å². The minimum atomic E-state index is -1.25. The second-order valence-electron chi connectivity index (χ2n) is 11.0. The molecule has 3 atom stereocenters. The number of thiazole rings is 1. The number of anilines is 1. The van der Waals surface area contributed by atoms with Crippen LogP contribution in [0, 0.1) is 0 Å². The molecule has 6 N–H and O–H groups in total. The van der Waals surface area contributed by atoms with Crippen LogP contribution in [0.25, 0.3) is 5.69 Å². The third-order valence-corrected chi connectivity index (χ3v) is 10.6. The van der Waals surface area contributed by atoms with Gasteiger partial charge in [-0.2, -0.15) is 4.57 Å². The molecule has 2 aliphatic heterocycles. The van der Waals surface area contributed by atoms with E-state index < -0.39 is 47.2 Å². The highest BCUT2D eigenvalue weighted by Gasteiger charge is 2.54. The quantitative estimate of drug-likeness (QED) is 0.0350. The standard InChI is InChI=1S/C32H33N7O9S3/c1-4-20(12-33)48-37-25(22-15-51-32(34)35-22)28(42)36-26-29(43)39-27(31(44)45)18(14-50-30(26)39)13-49-21-7-9-38(10-8-21)19-5-6-23(46-16(2)40)24(11-19)47-17(3)41/h5-11,15,20,26,30H,4,12-14,33H2,1-3H3,(H3-,34,35,36,42,44,45)/p+1/b37-25-/t20?,26-,30+/m1/s1. The molecular weight excluding hydrogens is 723 g/mol. The second kappa shape index (κ2) is 16.4. The number of carbonyl (C=O) groups is 5. The lowest BCUT2D eigenvalue weighted by Gasteiger charge is -2.49. The Balaban J connectivity index is 1.27. The molecule has 1 unspecified atom stereocenters. The van der Waals surface area contributed by atoms with E-state index in [1.165, 1.54) is 53.7 Å². The zero-order chi connectivity index (χ0) is 36.8. The Morgan fingerprint density at radius 3 is 2.47 bits per heavy atom. The summed E-state index contributed by atoms with van der Waals surface area (Å²) in [6.45, 7) is 4.51. The molecule has 0 radical (unpaired) electrons. The van der Waals surface area contributed by atoms with Gasteiger partial charge in [-0.1, -0.05) is 12.1 Å². The van der Waals surface area contributed by atoms with Crippen molar-refractivity contribution in [2.45, 2.75) is 49.6 Å². The van der Waals surface area contributed by atoms with Crippen molar-refractivity contribution in [3.63, 3.8) is 0 Å². The number of nitrogens with one attached hydrogen (secondary N) is 1. The van der Waals surface area contributed by atoms with Crippen LogP contribution in [0.15, 0.2) is 69.4 Å². The number of pyridine rings is 1. The van der Waals surface area contributed by atoms with Crippen LogP contribution in [0.2, 0.25) is 0 Å². The maximum atomic E-state index is 13.4. The van der Waals surface area contributed by atoms with Gasteiger partial charge in [-0.15, -0.1) is 34.9 Å². The number of nitrogen functional groups attached to an aromatic ring is 1. The average molecular weight is 757 g/mol. The molecule has 1 aromatic carbocycles. The fraction of sp³-hybridized carbons (Fsp3) is 0.312. The van der Waals surface area contributed by atoms with Crippen LogP contribution < -0.4 is 30.8 Å². The summed E-state index contributed by atoms with van der Waals surface area (Å²) in [5.41, 5.74) is 12.5. The number of thioether (sulfide) groups is 2. The topological polar surface area (TPSA) is 230 Å². The number of carboxylic acid groups (broad SMARTS) is 1. The smallest absolute Gasteiger partial charge is 0.352 e. The zero-order valence-electron chi connectivity index (χ0n) is 27.6. The highest BCUT2D eigenvalue weighted by Crippen LogP contribution is 2.41. The number of benzene rings is 1. The van der Waals surface area contributed by atoms with E-state index in [-0.39, 0.29) is 40.3 Å². The van der Waals surface area contributed by atoms with Crippen molar-refractivity contribution in [2.75, 3.05) is 23.8 Å². The average Bonchev–Trinajstić information content (AvgIpc) is 3.53. The molecule has 5 rings (SSSR count). The van der Waals surface area contributed by atoms with E-state index in [0.717, 1.165) is 16.2 Å². The van der Waals surface area contributed by atoms with Crippen LogP contribution in [0.3, 0.4) is 0 Å². The summed E-state index contributed by atoms with van der Waals surface area (Å²) in [5, 5.41) is 17.9. The van der Waals surface area contributed by atoms with Gasteiger partial charge in [-0.3, -0.25) is 24.1 Å². The number of esters is 2. The molecule has 1 fully saturated rings. The monoisotopic (exact) mass is 756 g/mol. The largest absolute Gasteiger partial charge is 0.477 e. The van der Waals surface area contributed by atoms with Gasteiger partial charge in [0.25, 0.3) is 11.8 Å². The number of aliphatic carboxylic acids is 1. The molecule has 1 saturated heterocycles. The number of carbonyl (C=O) groups excluding carboxylic acids is 4. The number of hydrogen-bond donors (Lipinski definition) is 4. The third-order valence-electron chi connectivity index (χ3n) is 7.47. The van der Waals surface area contributed by atoms with Crippen LogP contribution in [-0.2, 0) is 28.8 Å². The van der Waals surface area contributed by atoms with Gasteiger partial charge in [0.2, 0.25) is 5.69 Å². The van der Waals surface area contributed by atoms with E-state index >= 15 is 0 Å². The number of hydrogen-bond acceptors (Lipinski definition) is 15. The van der Waals surface area contributed by atoms with Gasteiger partial charge in [0.15, 0.2) is 34.7 Å². The Bertz CT molecular complexity index is 1910. The first kappa shape index (κ1) is 37.3. The summed E-state index contributed by atoms with van der Waals surface area (Å²) in [6.07, 6.45) is 3.65. The third kappa shape index (κ3) is 8.67. The molecule has 0 saturated carbocycles. The lowest BCUT2D eigenvalue weighted by atomic mass is 10.0. The normalized spacial score (nSPS) is 17.6. The fourth-order valence-corrected chi connectivity index (χ4v) is 7.92. The molecule has 2 aromatic heterocycles. The number of β-lactam (4-membered cyclic amide) rings is 1. The molecule has 2 amide bonds. The van der Waals surface area contributed by atoms with Gasteiger partial charge >= 0.3 is 17.9 Å². The predicted molar refractivity (Wildman–Crippen MR) is 188 cm³/mol. The number of rotatable bonds is 14. The summed E-state index contributed by atoms with van der Waals surface area (Å²) < 4.78 is 12.1. The minimum absolute atomic E-state index is 0.0876. The molecule has 0 spiro atoms. The number of nitrogens with two attached hydrogens (primary N) is 2. The number of aromatic nitrogens is 2. The molecular formula is C32H34N7O9S3+. The van der Waals surface area contributed by atoms with Crippen molar-refractivity contribution in [3.05, 3.63) is 65.1 Å². The zero-order valence-corrected chi connectivity index (χ0v) is 30.0. The molecule has 268 valence electrons. The van der Waals surface area contributed by atoms with Crippen LogP contribution in [-0.4, -0.2) is 86.0 Å². The molecule has 19 heteroatoms. The fourth-order valence-electron chi connectivity index (χ4n) is 5.00. The highest BCUT2D eigenvalue weighted by atomic mass is 32.2. The number of carboxylic acids is 1. The molecule has 2 aliphatic rings. The molecule has 16 nitrogen and oxygen atoms in total. The van der Waals surface area contributed by atoms with Gasteiger partial charge in [-0.05, 0) is 18.1 Å². The number of nitrogens with zero attached hydrogens (tertiary/aromatic N) is 4. The van der Waals surface area contributed by atoms with E-state index in [4.69, 9.17) is 25.8 Å². The van der Waals surface area contributed by atoms with Crippen LogP contribution in [0.4, 0.5) is 5.13 Å². The van der Waals surface area contributed by atoms with Crippen molar-refractivity contribution in [1.29, 1.82) is 0 Å². The van der Waals surface area contributed by atoms with Crippen LogP contribution >= 0.6 is 34.9 Å². The number of amides is 2. The highest BCUT2D eigenvalue weighted by molar-refractivity contribution is 8.01. The number of fused-ring (bicyclic) bond motifs is 1. The molecule has 3 aromatic rings.